The zero-order valence-corrected chi connectivity index (χ0v) is 11.3. The highest BCUT2D eigenvalue weighted by atomic mass is 15.1. The van der Waals surface area contributed by atoms with Gasteiger partial charge in [-0.25, -0.2) is 0 Å². The predicted octanol–water partition coefficient (Wildman–Crippen LogP) is 2.66. The maximum Gasteiger partial charge on any atom is 0.0161 e. The first-order chi connectivity index (χ1) is 7.63. The van der Waals surface area contributed by atoms with E-state index in [0.29, 0.717) is 6.04 Å². The Hall–Kier alpha value is -0.340. The molecule has 1 rings (SSSR count). The van der Waals surface area contributed by atoms with Crippen molar-refractivity contribution in [2.24, 2.45) is 5.92 Å². The van der Waals surface area contributed by atoms with E-state index in [-0.39, 0.29) is 0 Å². The molecule has 94 valence electrons. The molecule has 1 unspecified atom stereocenters. The van der Waals surface area contributed by atoms with Crippen molar-refractivity contribution < 1.29 is 0 Å². The largest absolute Gasteiger partial charge is 0.310 e. The second-order valence-electron chi connectivity index (χ2n) is 5.31. The Morgan fingerprint density at radius 3 is 2.56 bits per heavy atom. The van der Waals surface area contributed by atoms with Gasteiger partial charge in [-0.3, -0.25) is 0 Å². The Morgan fingerprint density at radius 1 is 1.44 bits per heavy atom. The summed E-state index contributed by atoms with van der Waals surface area (Å²) in [6.07, 6.45) is 3.99. The van der Waals surface area contributed by atoms with Crippen molar-refractivity contribution in [3.63, 3.8) is 0 Å². The lowest BCUT2D eigenvalue weighted by Crippen LogP contribution is -2.42. The fourth-order valence-electron chi connectivity index (χ4n) is 2.49. The highest BCUT2D eigenvalue weighted by Crippen LogP contribution is 2.20. The van der Waals surface area contributed by atoms with Crippen molar-refractivity contribution in [3.8, 4) is 0 Å². The van der Waals surface area contributed by atoms with Gasteiger partial charge in [0, 0.05) is 12.6 Å². The van der Waals surface area contributed by atoms with Crippen molar-refractivity contribution in [1.29, 1.82) is 0 Å². The zero-order valence-electron chi connectivity index (χ0n) is 11.3. The number of nitrogens with zero attached hydrogens (tertiary/aromatic N) is 1. The first-order valence-electron chi connectivity index (χ1n) is 6.73. The van der Waals surface area contributed by atoms with Gasteiger partial charge in [0.05, 0.1) is 0 Å². The van der Waals surface area contributed by atoms with E-state index in [2.05, 4.69) is 37.6 Å². The topological polar surface area (TPSA) is 15.3 Å². The molecule has 0 aromatic rings. The molecule has 0 aromatic carbocycles. The fourth-order valence-corrected chi connectivity index (χ4v) is 2.49. The standard InChI is InChI=1S/C14H28N2/c1-5-8-16-9-6-14(7-10-16)13(4)15-11-12(2)3/h13-15H,2,5-11H2,1,3-4H3. The smallest absolute Gasteiger partial charge is 0.0161 e. The van der Waals surface area contributed by atoms with Gasteiger partial charge in [0.25, 0.3) is 0 Å². The Kier molecular flexibility index (Phi) is 6.07. The molecule has 1 N–H and O–H groups in total. The van der Waals surface area contributed by atoms with E-state index < -0.39 is 0 Å². The van der Waals surface area contributed by atoms with E-state index in [1.165, 1.54) is 44.5 Å². The van der Waals surface area contributed by atoms with E-state index >= 15 is 0 Å². The molecule has 1 saturated heterocycles. The quantitative estimate of drug-likeness (QED) is 0.698. The third-order valence-electron chi connectivity index (χ3n) is 3.60. The molecular formula is C14H28N2. The maximum atomic E-state index is 3.94. The summed E-state index contributed by atoms with van der Waals surface area (Å²) in [6.45, 7) is 15.4. The molecular weight excluding hydrogens is 196 g/mol. The van der Waals surface area contributed by atoms with Gasteiger partial charge in [0.15, 0.2) is 0 Å². The summed E-state index contributed by atoms with van der Waals surface area (Å²) in [5, 5.41) is 3.58. The molecule has 1 fully saturated rings. The van der Waals surface area contributed by atoms with E-state index in [1.54, 1.807) is 0 Å². The number of rotatable bonds is 6. The summed E-state index contributed by atoms with van der Waals surface area (Å²) < 4.78 is 0. The van der Waals surface area contributed by atoms with Gasteiger partial charge >= 0.3 is 0 Å². The molecule has 2 nitrogen and oxygen atoms in total. The fraction of sp³-hybridized carbons (Fsp3) is 0.857. The average molecular weight is 224 g/mol. The van der Waals surface area contributed by atoms with Gasteiger partial charge < -0.3 is 10.2 Å². The third kappa shape index (κ3) is 4.67. The van der Waals surface area contributed by atoms with Crippen LogP contribution in [0.25, 0.3) is 0 Å². The monoisotopic (exact) mass is 224 g/mol. The van der Waals surface area contributed by atoms with Crippen molar-refractivity contribution in [2.45, 2.75) is 46.1 Å². The Morgan fingerprint density at radius 2 is 2.06 bits per heavy atom. The molecule has 0 spiro atoms. The molecule has 0 amide bonds. The second kappa shape index (κ2) is 7.08. The second-order valence-corrected chi connectivity index (χ2v) is 5.31. The van der Waals surface area contributed by atoms with Crippen LogP contribution >= 0.6 is 0 Å². The molecule has 2 heteroatoms. The molecule has 0 aromatic heterocycles. The lowest BCUT2D eigenvalue weighted by molar-refractivity contribution is 0.164. The Labute approximate surface area is 101 Å². The molecule has 1 aliphatic heterocycles. The van der Waals surface area contributed by atoms with Gasteiger partial charge in [0.1, 0.15) is 0 Å². The molecule has 1 aliphatic rings. The number of nitrogens with one attached hydrogen (secondary N) is 1. The van der Waals surface area contributed by atoms with Crippen LogP contribution in [-0.2, 0) is 0 Å². The van der Waals surface area contributed by atoms with Gasteiger partial charge in [-0.2, -0.15) is 0 Å². The molecule has 1 heterocycles. The highest BCUT2D eigenvalue weighted by molar-refractivity contribution is 4.92. The van der Waals surface area contributed by atoms with Crippen LogP contribution in [0.4, 0.5) is 0 Å². The molecule has 0 radical (unpaired) electrons. The van der Waals surface area contributed by atoms with Crippen molar-refractivity contribution >= 4 is 0 Å². The van der Waals surface area contributed by atoms with Crippen LogP contribution in [0, 0.1) is 5.92 Å². The Bertz CT molecular complexity index is 205. The summed E-state index contributed by atoms with van der Waals surface area (Å²) in [7, 11) is 0. The molecule has 0 bridgehead atoms. The Balaban J connectivity index is 2.21. The van der Waals surface area contributed by atoms with Crippen LogP contribution in [0.5, 0.6) is 0 Å². The van der Waals surface area contributed by atoms with Crippen LogP contribution in [0.1, 0.15) is 40.0 Å². The lowest BCUT2D eigenvalue weighted by Gasteiger charge is -2.35. The lowest BCUT2D eigenvalue weighted by atomic mass is 9.90. The van der Waals surface area contributed by atoms with Crippen molar-refractivity contribution in [2.75, 3.05) is 26.2 Å². The first kappa shape index (κ1) is 13.7. The molecule has 0 saturated carbocycles. The molecule has 16 heavy (non-hydrogen) atoms. The predicted molar refractivity (Wildman–Crippen MR) is 71.7 cm³/mol. The summed E-state index contributed by atoms with van der Waals surface area (Å²) in [5.74, 6) is 0.854. The number of hydrogen-bond acceptors (Lipinski definition) is 2. The number of piperidine rings is 1. The van der Waals surface area contributed by atoms with Crippen molar-refractivity contribution in [1.82, 2.24) is 10.2 Å². The minimum absolute atomic E-state index is 0.639. The van der Waals surface area contributed by atoms with Gasteiger partial charge in [-0.15, -0.1) is 0 Å². The van der Waals surface area contributed by atoms with Crippen molar-refractivity contribution in [3.05, 3.63) is 12.2 Å². The summed E-state index contributed by atoms with van der Waals surface area (Å²) in [6, 6.07) is 0.639. The van der Waals surface area contributed by atoms with E-state index in [9.17, 15) is 0 Å². The highest BCUT2D eigenvalue weighted by Gasteiger charge is 2.22. The first-order valence-corrected chi connectivity index (χ1v) is 6.73. The van der Waals surface area contributed by atoms with Crippen LogP contribution in [-0.4, -0.2) is 37.1 Å². The van der Waals surface area contributed by atoms with Crippen LogP contribution in [0.3, 0.4) is 0 Å². The van der Waals surface area contributed by atoms with E-state index in [4.69, 9.17) is 0 Å². The maximum absolute atomic E-state index is 3.94. The van der Waals surface area contributed by atoms with Gasteiger partial charge in [0.2, 0.25) is 0 Å². The zero-order chi connectivity index (χ0) is 12.0. The van der Waals surface area contributed by atoms with Crippen LogP contribution in [0.15, 0.2) is 12.2 Å². The minimum atomic E-state index is 0.639. The molecule has 0 aliphatic carbocycles. The van der Waals surface area contributed by atoms with Crippen LogP contribution in [0.2, 0.25) is 0 Å². The SMILES string of the molecule is C=C(C)CNC(C)C1CCN(CCC)CC1. The minimum Gasteiger partial charge on any atom is -0.310 e. The summed E-state index contributed by atoms with van der Waals surface area (Å²) in [5.41, 5.74) is 1.23. The van der Waals surface area contributed by atoms with E-state index in [1.807, 2.05) is 0 Å². The average Bonchev–Trinajstić information content (AvgIpc) is 2.27. The van der Waals surface area contributed by atoms with Crippen LogP contribution < -0.4 is 5.32 Å². The molecule has 1 atom stereocenters. The normalized spacial score (nSPS) is 20.9. The third-order valence-corrected chi connectivity index (χ3v) is 3.60. The number of hydrogen-bond donors (Lipinski definition) is 1. The summed E-state index contributed by atoms with van der Waals surface area (Å²) >= 11 is 0. The van der Waals surface area contributed by atoms with E-state index in [0.717, 1.165) is 12.5 Å². The summed E-state index contributed by atoms with van der Waals surface area (Å²) in [4.78, 5) is 2.60. The van der Waals surface area contributed by atoms with Gasteiger partial charge in [-0.1, -0.05) is 19.1 Å². The van der Waals surface area contributed by atoms with Gasteiger partial charge in [-0.05, 0) is 58.7 Å². The number of likely N-dealkylation sites (tertiary alicyclic amines) is 1.